The SMILES string of the molecule is Cc1nc(-c2c[nH]c(C(=O)NCCN3CCCCC3C)c2)cs1. The smallest absolute Gasteiger partial charge is 0.267 e. The van der Waals surface area contributed by atoms with Crippen molar-refractivity contribution in [3.63, 3.8) is 0 Å². The molecule has 1 aliphatic heterocycles. The fourth-order valence-electron chi connectivity index (χ4n) is 3.07. The number of H-pyrrole nitrogens is 1. The first-order valence-electron chi connectivity index (χ1n) is 8.26. The van der Waals surface area contributed by atoms with Crippen LogP contribution in [0.2, 0.25) is 0 Å². The molecule has 1 saturated heterocycles. The number of rotatable bonds is 5. The van der Waals surface area contributed by atoms with Gasteiger partial charge in [0.05, 0.1) is 10.7 Å². The number of aryl methyl sites for hydroxylation is 1. The summed E-state index contributed by atoms with van der Waals surface area (Å²) in [6.45, 7) is 7.01. The Balaban J connectivity index is 1.51. The van der Waals surface area contributed by atoms with E-state index >= 15 is 0 Å². The monoisotopic (exact) mass is 332 g/mol. The van der Waals surface area contributed by atoms with E-state index in [-0.39, 0.29) is 5.91 Å². The lowest BCUT2D eigenvalue weighted by Crippen LogP contribution is -2.42. The van der Waals surface area contributed by atoms with E-state index in [2.05, 4.69) is 27.1 Å². The molecule has 0 spiro atoms. The Labute approximate surface area is 141 Å². The van der Waals surface area contributed by atoms with Crippen molar-refractivity contribution < 1.29 is 4.79 Å². The zero-order valence-corrected chi connectivity index (χ0v) is 14.6. The maximum Gasteiger partial charge on any atom is 0.267 e. The number of nitrogens with zero attached hydrogens (tertiary/aromatic N) is 2. The Hall–Kier alpha value is -1.66. The molecular weight excluding hydrogens is 308 g/mol. The third-order valence-electron chi connectivity index (χ3n) is 4.47. The van der Waals surface area contributed by atoms with Crippen LogP contribution in [0.1, 0.15) is 41.7 Å². The molecule has 0 aromatic carbocycles. The van der Waals surface area contributed by atoms with Gasteiger partial charge in [-0.15, -0.1) is 11.3 Å². The average molecular weight is 332 g/mol. The van der Waals surface area contributed by atoms with Gasteiger partial charge in [-0.25, -0.2) is 4.98 Å². The molecule has 3 rings (SSSR count). The quantitative estimate of drug-likeness (QED) is 0.885. The Morgan fingerprint density at radius 2 is 2.39 bits per heavy atom. The van der Waals surface area contributed by atoms with Crippen molar-refractivity contribution in [2.45, 2.75) is 39.2 Å². The molecule has 1 amide bonds. The van der Waals surface area contributed by atoms with Crippen LogP contribution >= 0.6 is 11.3 Å². The van der Waals surface area contributed by atoms with Gasteiger partial charge in [-0.3, -0.25) is 9.69 Å². The third kappa shape index (κ3) is 4.00. The minimum atomic E-state index is -0.0483. The van der Waals surface area contributed by atoms with E-state index in [9.17, 15) is 4.79 Å². The highest BCUT2D eigenvalue weighted by molar-refractivity contribution is 7.09. The summed E-state index contributed by atoms with van der Waals surface area (Å²) in [5, 5.41) is 6.05. The Kier molecular flexibility index (Phi) is 5.13. The molecule has 5 nitrogen and oxygen atoms in total. The number of nitrogens with one attached hydrogen (secondary N) is 2. The van der Waals surface area contributed by atoms with Crippen molar-refractivity contribution in [1.29, 1.82) is 0 Å². The number of thiazole rings is 1. The summed E-state index contributed by atoms with van der Waals surface area (Å²) in [5.41, 5.74) is 2.48. The first kappa shape index (κ1) is 16.2. The largest absolute Gasteiger partial charge is 0.357 e. The van der Waals surface area contributed by atoms with Crippen LogP contribution < -0.4 is 5.32 Å². The van der Waals surface area contributed by atoms with Gasteiger partial charge in [-0.1, -0.05) is 6.42 Å². The summed E-state index contributed by atoms with van der Waals surface area (Å²) in [5.74, 6) is -0.0483. The van der Waals surface area contributed by atoms with Crippen molar-refractivity contribution in [2.75, 3.05) is 19.6 Å². The minimum Gasteiger partial charge on any atom is -0.357 e. The lowest BCUT2D eigenvalue weighted by atomic mass is 10.0. The molecule has 2 N–H and O–H groups in total. The Morgan fingerprint density at radius 3 is 3.13 bits per heavy atom. The second-order valence-corrected chi connectivity index (χ2v) is 7.25. The van der Waals surface area contributed by atoms with Crippen molar-refractivity contribution in [2.24, 2.45) is 0 Å². The molecule has 0 aliphatic carbocycles. The highest BCUT2D eigenvalue weighted by Crippen LogP contribution is 2.22. The summed E-state index contributed by atoms with van der Waals surface area (Å²) in [7, 11) is 0. The predicted molar refractivity (Wildman–Crippen MR) is 93.9 cm³/mol. The number of carbonyl (C=O) groups excluding carboxylic acids is 1. The number of aromatic amines is 1. The molecule has 2 aromatic rings. The molecule has 1 unspecified atom stereocenters. The molecule has 124 valence electrons. The van der Waals surface area contributed by atoms with Crippen LogP contribution in [-0.4, -0.2) is 46.5 Å². The summed E-state index contributed by atoms with van der Waals surface area (Å²) in [6, 6.07) is 2.50. The third-order valence-corrected chi connectivity index (χ3v) is 5.24. The summed E-state index contributed by atoms with van der Waals surface area (Å²) in [4.78, 5) is 22.2. The number of aromatic nitrogens is 2. The highest BCUT2D eigenvalue weighted by Gasteiger charge is 2.18. The van der Waals surface area contributed by atoms with Gasteiger partial charge >= 0.3 is 0 Å². The van der Waals surface area contributed by atoms with Crippen LogP contribution in [0.25, 0.3) is 11.3 Å². The van der Waals surface area contributed by atoms with E-state index in [0.29, 0.717) is 18.3 Å². The standard InChI is InChI=1S/C17H24N4OS/c1-12-5-3-4-7-21(12)8-6-18-17(22)15-9-14(10-19-15)16-11-23-13(2)20-16/h9-12,19H,3-8H2,1-2H3,(H,18,22). The van der Waals surface area contributed by atoms with Gasteiger partial charge in [-0.05, 0) is 39.3 Å². The van der Waals surface area contributed by atoms with Crippen molar-refractivity contribution in [3.8, 4) is 11.3 Å². The molecule has 6 heteroatoms. The molecular formula is C17H24N4OS. The first-order chi connectivity index (χ1) is 11.1. The molecule has 3 heterocycles. The molecule has 23 heavy (non-hydrogen) atoms. The molecule has 0 radical (unpaired) electrons. The second-order valence-electron chi connectivity index (χ2n) is 6.19. The maximum atomic E-state index is 12.2. The average Bonchev–Trinajstić information content (AvgIpc) is 3.18. The van der Waals surface area contributed by atoms with Gasteiger partial charge < -0.3 is 10.3 Å². The molecule has 1 fully saturated rings. The van der Waals surface area contributed by atoms with E-state index in [0.717, 1.165) is 29.4 Å². The zero-order chi connectivity index (χ0) is 16.2. The van der Waals surface area contributed by atoms with Gasteiger partial charge in [0.1, 0.15) is 5.69 Å². The van der Waals surface area contributed by atoms with Gasteiger partial charge in [0.25, 0.3) is 5.91 Å². The van der Waals surface area contributed by atoms with Crippen molar-refractivity contribution in [1.82, 2.24) is 20.2 Å². The van der Waals surface area contributed by atoms with Crippen LogP contribution in [0.5, 0.6) is 0 Å². The van der Waals surface area contributed by atoms with Gasteiger partial charge in [0.15, 0.2) is 0 Å². The second kappa shape index (κ2) is 7.27. The van der Waals surface area contributed by atoms with E-state index in [1.165, 1.54) is 19.3 Å². The van der Waals surface area contributed by atoms with Gasteiger partial charge in [0, 0.05) is 36.3 Å². The summed E-state index contributed by atoms with van der Waals surface area (Å²) < 4.78 is 0. The Bertz CT molecular complexity index is 663. The van der Waals surface area contributed by atoms with E-state index in [1.807, 2.05) is 24.6 Å². The van der Waals surface area contributed by atoms with Crippen LogP contribution in [0.4, 0.5) is 0 Å². The molecule has 0 bridgehead atoms. The van der Waals surface area contributed by atoms with E-state index in [4.69, 9.17) is 0 Å². The van der Waals surface area contributed by atoms with Crippen molar-refractivity contribution >= 4 is 17.2 Å². The van der Waals surface area contributed by atoms with E-state index < -0.39 is 0 Å². The van der Waals surface area contributed by atoms with Crippen LogP contribution in [0, 0.1) is 6.92 Å². The number of hydrogen-bond donors (Lipinski definition) is 2. The van der Waals surface area contributed by atoms with Crippen LogP contribution in [0.15, 0.2) is 17.6 Å². The van der Waals surface area contributed by atoms with Crippen molar-refractivity contribution in [3.05, 3.63) is 28.3 Å². The topological polar surface area (TPSA) is 61.0 Å². The number of piperidine rings is 1. The lowest BCUT2D eigenvalue weighted by Gasteiger charge is -2.33. The fourth-order valence-corrected chi connectivity index (χ4v) is 3.69. The number of carbonyl (C=O) groups is 1. The van der Waals surface area contributed by atoms with Crippen LogP contribution in [0.3, 0.4) is 0 Å². The maximum absolute atomic E-state index is 12.2. The summed E-state index contributed by atoms with van der Waals surface area (Å²) in [6.07, 6.45) is 5.70. The summed E-state index contributed by atoms with van der Waals surface area (Å²) >= 11 is 1.62. The first-order valence-corrected chi connectivity index (χ1v) is 9.14. The normalized spacial score (nSPS) is 19.0. The molecule has 1 aliphatic rings. The lowest BCUT2D eigenvalue weighted by molar-refractivity contribution is 0.0934. The highest BCUT2D eigenvalue weighted by atomic mass is 32.1. The molecule has 0 saturated carbocycles. The number of likely N-dealkylation sites (tertiary alicyclic amines) is 1. The molecule has 2 aromatic heterocycles. The van der Waals surface area contributed by atoms with Gasteiger partial charge in [-0.2, -0.15) is 0 Å². The fraction of sp³-hybridized carbons (Fsp3) is 0.529. The minimum absolute atomic E-state index is 0.0483. The van der Waals surface area contributed by atoms with E-state index in [1.54, 1.807) is 11.3 Å². The van der Waals surface area contributed by atoms with Gasteiger partial charge in [0.2, 0.25) is 0 Å². The van der Waals surface area contributed by atoms with Crippen LogP contribution in [-0.2, 0) is 0 Å². The number of hydrogen-bond acceptors (Lipinski definition) is 4. The number of amides is 1. The predicted octanol–water partition coefficient (Wildman–Crippen LogP) is 3.05. The molecule has 1 atom stereocenters. The zero-order valence-electron chi connectivity index (χ0n) is 13.8. The Morgan fingerprint density at radius 1 is 1.52 bits per heavy atom.